The molecule has 0 aliphatic carbocycles. The van der Waals surface area contributed by atoms with Gasteiger partial charge < -0.3 is 14.5 Å². The molecule has 27 heavy (non-hydrogen) atoms. The van der Waals surface area contributed by atoms with Crippen LogP contribution < -0.4 is 0 Å². The summed E-state index contributed by atoms with van der Waals surface area (Å²) in [6, 6.07) is 7.95. The van der Waals surface area contributed by atoms with E-state index in [1.165, 1.54) is 0 Å². The quantitative estimate of drug-likeness (QED) is 0.754. The van der Waals surface area contributed by atoms with E-state index in [9.17, 15) is 4.79 Å². The fourth-order valence-electron chi connectivity index (χ4n) is 3.85. The molecule has 0 radical (unpaired) electrons. The molecule has 2 aromatic rings. The van der Waals surface area contributed by atoms with Gasteiger partial charge in [0.2, 0.25) is 0 Å². The van der Waals surface area contributed by atoms with E-state index < -0.39 is 5.60 Å². The number of hydrogen-bond acceptors (Lipinski definition) is 4. The minimum absolute atomic E-state index is 0.0473. The molecule has 6 nitrogen and oxygen atoms in total. The largest absolute Gasteiger partial charge is 0.444 e. The van der Waals surface area contributed by atoms with Gasteiger partial charge in [0.25, 0.3) is 0 Å². The number of rotatable bonds is 2. The number of hydrogen-bond donors (Lipinski definition) is 1. The third-order valence-electron chi connectivity index (χ3n) is 5.04. The standard InChI is InChI=1S/C20H24BrN3O3/c1-20(2,3)27-19(25)24-16(8-13-10-26-11-17(13)24)18-22-9-15(23-18)12-4-6-14(21)7-5-12/h4-7,9,13,16-17H,8,10-11H2,1-3H3,(H,22,23)/t13-,16-,17+/m0/s1. The highest BCUT2D eigenvalue weighted by atomic mass is 79.9. The molecule has 0 spiro atoms. The van der Waals surface area contributed by atoms with E-state index >= 15 is 0 Å². The number of nitrogens with zero attached hydrogens (tertiary/aromatic N) is 2. The predicted octanol–water partition coefficient (Wildman–Crippen LogP) is 4.54. The molecule has 2 saturated heterocycles. The van der Waals surface area contributed by atoms with Crippen LogP contribution in [0.1, 0.15) is 39.1 Å². The number of benzene rings is 1. The molecule has 0 bridgehead atoms. The second-order valence-electron chi connectivity index (χ2n) is 8.18. The van der Waals surface area contributed by atoms with Gasteiger partial charge >= 0.3 is 6.09 Å². The monoisotopic (exact) mass is 433 g/mol. The van der Waals surface area contributed by atoms with Gasteiger partial charge in [-0.05, 0) is 39.3 Å². The highest BCUT2D eigenvalue weighted by Crippen LogP contribution is 2.43. The number of nitrogens with one attached hydrogen (secondary N) is 1. The number of aromatic amines is 1. The van der Waals surface area contributed by atoms with Crippen molar-refractivity contribution in [1.29, 1.82) is 0 Å². The van der Waals surface area contributed by atoms with Crippen molar-refractivity contribution in [2.24, 2.45) is 5.92 Å². The summed E-state index contributed by atoms with van der Waals surface area (Å²) in [6.07, 6.45) is 2.43. The Bertz CT molecular complexity index is 828. The molecule has 3 atom stereocenters. The normalized spacial score (nSPS) is 24.9. The van der Waals surface area contributed by atoms with Crippen LogP contribution in [0.15, 0.2) is 34.9 Å². The van der Waals surface area contributed by atoms with Crippen LogP contribution in [-0.2, 0) is 9.47 Å². The lowest BCUT2D eigenvalue weighted by molar-refractivity contribution is 0.00965. The van der Waals surface area contributed by atoms with Crippen molar-refractivity contribution >= 4 is 22.0 Å². The van der Waals surface area contributed by atoms with Gasteiger partial charge in [-0.1, -0.05) is 28.1 Å². The van der Waals surface area contributed by atoms with E-state index in [4.69, 9.17) is 14.5 Å². The molecule has 144 valence electrons. The van der Waals surface area contributed by atoms with Crippen molar-refractivity contribution in [3.63, 3.8) is 0 Å². The molecular formula is C20H24BrN3O3. The molecule has 1 amide bonds. The van der Waals surface area contributed by atoms with Crippen molar-refractivity contribution in [1.82, 2.24) is 14.9 Å². The number of carbonyl (C=O) groups is 1. The maximum absolute atomic E-state index is 12.9. The Morgan fingerprint density at radius 2 is 2.04 bits per heavy atom. The Kier molecular flexibility index (Phi) is 4.76. The summed E-state index contributed by atoms with van der Waals surface area (Å²) >= 11 is 3.45. The molecule has 0 unspecified atom stereocenters. The third kappa shape index (κ3) is 3.75. The van der Waals surface area contributed by atoms with Crippen LogP contribution in [0.2, 0.25) is 0 Å². The van der Waals surface area contributed by atoms with Crippen LogP contribution in [0, 0.1) is 5.92 Å². The van der Waals surface area contributed by atoms with Gasteiger partial charge in [-0.15, -0.1) is 0 Å². The summed E-state index contributed by atoms with van der Waals surface area (Å²) in [6.45, 7) is 6.90. The SMILES string of the molecule is CC(C)(C)OC(=O)N1[C@@H]2COC[C@@H]2C[C@H]1c1nc(-c2ccc(Br)cc2)c[nH]1. The first-order valence-electron chi connectivity index (χ1n) is 9.22. The number of H-pyrrole nitrogens is 1. The highest BCUT2D eigenvalue weighted by Gasteiger charge is 2.49. The molecule has 4 rings (SSSR count). The molecule has 1 aromatic heterocycles. The first-order valence-corrected chi connectivity index (χ1v) is 10.0. The first kappa shape index (κ1) is 18.5. The molecule has 3 heterocycles. The van der Waals surface area contributed by atoms with Gasteiger partial charge in [0.05, 0.1) is 31.0 Å². The van der Waals surface area contributed by atoms with Gasteiger partial charge in [0.15, 0.2) is 0 Å². The maximum atomic E-state index is 12.9. The number of likely N-dealkylation sites (tertiary alicyclic amines) is 1. The molecule has 7 heteroatoms. The topological polar surface area (TPSA) is 67.4 Å². The Morgan fingerprint density at radius 1 is 1.30 bits per heavy atom. The van der Waals surface area contributed by atoms with Crippen molar-refractivity contribution in [3.8, 4) is 11.3 Å². The van der Waals surface area contributed by atoms with Crippen LogP contribution >= 0.6 is 15.9 Å². The maximum Gasteiger partial charge on any atom is 0.411 e. The smallest absolute Gasteiger partial charge is 0.411 e. The molecule has 2 aliphatic heterocycles. The lowest BCUT2D eigenvalue weighted by atomic mass is 10.0. The minimum atomic E-state index is -0.537. The van der Waals surface area contributed by atoms with Gasteiger partial charge in [0.1, 0.15) is 11.4 Å². The Morgan fingerprint density at radius 3 is 2.74 bits per heavy atom. The van der Waals surface area contributed by atoms with E-state index in [2.05, 4.69) is 20.9 Å². The number of carbonyl (C=O) groups excluding carboxylic acids is 1. The average molecular weight is 434 g/mol. The summed E-state index contributed by atoms with van der Waals surface area (Å²) < 4.78 is 12.3. The van der Waals surface area contributed by atoms with Crippen molar-refractivity contribution in [2.75, 3.05) is 13.2 Å². The van der Waals surface area contributed by atoms with Crippen molar-refractivity contribution in [3.05, 3.63) is 40.8 Å². The van der Waals surface area contributed by atoms with E-state index in [1.54, 1.807) is 0 Å². The second kappa shape index (κ2) is 6.95. The molecule has 2 fully saturated rings. The number of halogens is 1. The molecule has 2 aliphatic rings. The van der Waals surface area contributed by atoms with E-state index in [0.717, 1.165) is 28.0 Å². The summed E-state index contributed by atoms with van der Waals surface area (Å²) in [5.41, 5.74) is 1.37. The highest BCUT2D eigenvalue weighted by molar-refractivity contribution is 9.10. The fourth-order valence-corrected chi connectivity index (χ4v) is 4.11. The number of fused-ring (bicyclic) bond motifs is 1. The average Bonchev–Trinajstić information content (AvgIpc) is 3.28. The van der Waals surface area contributed by atoms with Crippen LogP contribution in [-0.4, -0.2) is 45.8 Å². The summed E-state index contributed by atoms with van der Waals surface area (Å²) in [7, 11) is 0. The van der Waals surface area contributed by atoms with Crippen LogP contribution in [0.3, 0.4) is 0 Å². The number of ether oxygens (including phenoxy) is 2. The van der Waals surface area contributed by atoms with Crippen LogP contribution in [0.25, 0.3) is 11.3 Å². The van der Waals surface area contributed by atoms with Gasteiger partial charge in [-0.25, -0.2) is 9.78 Å². The van der Waals surface area contributed by atoms with Crippen molar-refractivity contribution < 1.29 is 14.3 Å². The number of aromatic nitrogens is 2. The molecule has 1 aromatic carbocycles. The van der Waals surface area contributed by atoms with E-state index in [-0.39, 0.29) is 18.2 Å². The van der Waals surface area contributed by atoms with Gasteiger partial charge in [0, 0.05) is 22.2 Å². The first-order chi connectivity index (χ1) is 12.8. The zero-order valence-corrected chi connectivity index (χ0v) is 17.3. The molecule has 0 saturated carbocycles. The lowest BCUT2D eigenvalue weighted by Gasteiger charge is -2.31. The second-order valence-corrected chi connectivity index (χ2v) is 9.10. The Labute approximate surface area is 167 Å². The zero-order chi connectivity index (χ0) is 19.2. The van der Waals surface area contributed by atoms with Crippen LogP contribution in [0.4, 0.5) is 4.79 Å². The summed E-state index contributed by atoms with van der Waals surface area (Å²) in [4.78, 5) is 22.8. The summed E-state index contributed by atoms with van der Waals surface area (Å²) in [5, 5.41) is 0. The number of imidazole rings is 1. The van der Waals surface area contributed by atoms with Gasteiger partial charge in [-0.2, -0.15) is 0 Å². The minimum Gasteiger partial charge on any atom is -0.444 e. The van der Waals surface area contributed by atoms with Gasteiger partial charge in [-0.3, -0.25) is 4.90 Å². The third-order valence-corrected chi connectivity index (χ3v) is 5.57. The fraction of sp³-hybridized carbons (Fsp3) is 0.500. The molecule has 1 N–H and O–H groups in total. The molecular weight excluding hydrogens is 410 g/mol. The Balaban J connectivity index is 1.61. The number of amides is 1. The zero-order valence-electron chi connectivity index (χ0n) is 15.7. The predicted molar refractivity (Wildman–Crippen MR) is 105 cm³/mol. The Hall–Kier alpha value is -1.86. The van der Waals surface area contributed by atoms with Crippen molar-refractivity contribution in [2.45, 2.75) is 44.9 Å². The van der Waals surface area contributed by atoms with Crippen LogP contribution in [0.5, 0.6) is 0 Å². The van der Waals surface area contributed by atoms with E-state index in [1.807, 2.05) is 56.1 Å². The summed E-state index contributed by atoms with van der Waals surface area (Å²) in [5.74, 6) is 1.12. The van der Waals surface area contributed by atoms with E-state index in [0.29, 0.717) is 19.1 Å². The lowest BCUT2D eigenvalue weighted by Crippen LogP contribution is -2.43.